The molecule has 0 spiro atoms. The highest BCUT2D eigenvalue weighted by Crippen LogP contribution is 2.26. The smallest absolute Gasteiger partial charge is 0.337 e. The first kappa shape index (κ1) is 26.4. The summed E-state index contributed by atoms with van der Waals surface area (Å²) >= 11 is 5.96. The fourth-order valence-corrected chi connectivity index (χ4v) is 3.97. The number of nitrogens with one attached hydrogen (secondary N) is 1. The number of pyridine rings is 1. The van der Waals surface area contributed by atoms with Crippen molar-refractivity contribution < 1.29 is 24.2 Å². The number of ether oxygens (including phenoxy) is 1. The second-order valence-corrected chi connectivity index (χ2v) is 8.93. The molecule has 0 atom stereocenters. The largest absolute Gasteiger partial charge is 0.496 e. The van der Waals surface area contributed by atoms with E-state index in [0.717, 1.165) is 16.9 Å². The highest BCUT2D eigenvalue weighted by molar-refractivity contribution is 6.30. The molecule has 2 N–H and O–H groups in total. The Hall–Kier alpha value is -4.69. The van der Waals surface area contributed by atoms with Crippen molar-refractivity contribution in [3.63, 3.8) is 0 Å². The third-order valence-electron chi connectivity index (χ3n) is 5.94. The van der Waals surface area contributed by atoms with Crippen LogP contribution in [0.5, 0.6) is 5.75 Å². The summed E-state index contributed by atoms with van der Waals surface area (Å²) in [6, 6.07) is 19.8. The average Bonchev–Trinajstić information content (AvgIpc) is 2.92. The lowest BCUT2D eigenvalue weighted by Gasteiger charge is -2.19. The fourth-order valence-electron chi connectivity index (χ4n) is 3.84. The SMILES string of the molecule is COc1ccc(C)cc1C(=O)Nc1ccc(C(=O)c2ccc(N(C)c3ccc(Cl)cc3)cn2)cc1C(=O)O. The molecular weight excluding hydrogens is 506 g/mol. The maximum absolute atomic E-state index is 13.1. The molecule has 0 aliphatic rings. The molecule has 0 unspecified atom stereocenters. The quantitative estimate of drug-likeness (QED) is 0.269. The average molecular weight is 530 g/mol. The number of benzene rings is 3. The van der Waals surface area contributed by atoms with Gasteiger partial charge in [0, 0.05) is 23.3 Å². The Bertz CT molecular complexity index is 1520. The molecule has 1 aromatic heterocycles. The predicted molar refractivity (Wildman–Crippen MR) is 146 cm³/mol. The lowest BCUT2D eigenvalue weighted by molar-refractivity contribution is 0.0698. The lowest BCUT2D eigenvalue weighted by Crippen LogP contribution is -2.17. The van der Waals surface area contributed by atoms with Gasteiger partial charge in [0.15, 0.2) is 0 Å². The van der Waals surface area contributed by atoms with Gasteiger partial charge in [-0.25, -0.2) is 4.79 Å². The number of carboxylic acids is 1. The summed E-state index contributed by atoms with van der Waals surface area (Å²) in [6.45, 7) is 1.83. The zero-order valence-corrected chi connectivity index (χ0v) is 21.6. The van der Waals surface area contributed by atoms with Crippen LogP contribution in [-0.4, -0.2) is 41.9 Å². The number of aromatic carboxylic acids is 1. The van der Waals surface area contributed by atoms with Crippen LogP contribution >= 0.6 is 11.6 Å². The van der Waals surface area contributed by atoms with Gasteiger partial charge in [-0.1, -0.05) is 23.2 Å². The molecule has 1 amide bonds. The van der Waals surface area contributed by atoms with E-state index in [0.29, 0.717) is 10.8 Å². The number of nitrogens with zero attached hydrogens (tertiary/aromatic N) is 2. The molecule has 9 heteroatoms. The molecule has 38 heavy (non-hydrogen) atoms. The van der Waals surface area contributed by atoms with Crippen molar-refractivity contribution in [2.45, 2.75) is 6.92 Å². The van der Waals surface area contributed by atoms with Crippen molar-refractivity contribution in [3.05, 3.63) is 112 Å². The van der Waals surface area contributed by atoms with Crippen molar-refractivity contribution in [2.24, 2.45) is 0 Å². The molecule has 0 radical (unpaired) electrons. The monoisotopic (exact) mass is 529 g/mol. The number of hydrogen-bond acceptors (Lipinski definition) is 6. The van der Waals surface area contributed by atoms with E-state index in [2.05, 4.69) is 10.3 Å². The summed E-state index contributed by atoms with van der Waals surface area (Å²) in [5, 5.41) is 13.0. The first-order valence-electron chi connectivity index (χ1n) is 11.5. The highest BCUT2D eigenvalue weighted by atomic mass is 35.5. The molecule has 0 aliphatic carbocycles. The molecule has 0 bridgehead atoms. The Balaban J connectivity index is 1.56. The number of carbonyl (C=O) groups excluding carboxylic acids is 2. The van der Waals surface area contributed by atoms with Crippen LogP contribution < -0.4 is 15.0 Å². The Morgan fingerprint density at radius 2 is 1.63 bits per heavy atom. The summed E-state index contributed by atoms with van der Waals surface area (Å²) in [4.78, 5) is 44.2. The van der Waals surface area contributed by atoms with Crippen LogP contribution in [-0.2, 0) is 0 Å². The number of rotatable bonds is 8. The first-order valence-corrected chi connectivity index (χ1v) is 11.9. The van der Waals surface area contributed by atoms with Gasteiger partial charge in [-0.2, -0.15) is 0 Å². The molecule has 4 rings (SSSR count). The number of anilines is 3. The van der Waals surface area contributed by atoms with Crippen LogP contribution in [0.25, 0.3) is 0 Å². The third-order valence-corrected chi connectivity index (χ3v) is 6.19. The molecule has 1 heterocycles. The van der Waals surface area contributed by atoms with Crippen LogP contribution in [0.4, 0.5) is 17.1 Å². The van der Waals surface area contributed by atoms with Gasteiger partial charge in [-0.3, -0.25) is 14.6 Å². The van der Waals surface area contributed by atoms with Crippen molar-refractivity contribution in [2.75, 3.05) is 24.4 Å². The number of carbonyl (C=O) groups is 3. The van der Waals surface area contributed by atoms with Crippen molar-refractivity contribution in [1.82, 2.24) is 4.98 Å². The summed E-state index contributed by atoms with van der Waals surface area (Å²) in [5.74, 6) is -1.92. The summed E-state index contributed by atoms with van der Waals surface area (Å²) in [5.41, 5.74) is 2.84. The van der Waals surface area contributed by atoms with E-state index in [1.165, 1.54) is 25.3 Å². The van der Waals surface area contributed by atoms with E-state index < -0.39 is 17.7 Å². The zero-order chi connectivity index (χ0) is 27.4. The van der Waals surface area contributed by atoms with Gasteiger partial charge < -0.3 is 20.1 Å². The normalized spacial score (nSPS) is 10.5. The number of hydrogen-bond donors (Lipinski definition) is 2. The highest BCUT2D eigenvalue weighted by Gasteiger charge is 2.20. The molecule has 192 valence electrons. The standard InChI is InChI=1S/C29H24ClN3O5/c1-17-4-13-26(38-3)23(14-17)28(35)32-24-11-5-18(15-22(24)29(36)37)27(34)25-12-10-21(16-31-25)33(2)20-8-6-19(30)7-9-20/h4-16H,1-3H3,(H,32,35)(H,36,37). The Labute approximate surface area is 224 Å². The number of halogens is 1. The van der Waals surface area contributed by atoms with Crippen LogP contribution in [0.1, 0.15) is 42.3 Å². The van der Waals surface area contributed by atoms with E-state index in [-0.39, 0.29) is 28.1 Å². The van der Waals surface area contributed by atoms with Crippen LogP contribution in [0.3, 0.4) is 0 Å². The number of methoxy groups -OCH3 is 1. The number of aryl methyl sites for hydroxylation is 1. The lowest BCUT2D eigenvalue weighted by atomic mass is 10.0. The van der Waals surface area contributed by atoms with Crippen LogP contribution in [0, 0.1) is 6.92 Å². The van der Waals surface area contributed by atoms with Crippen molar-refractivity contribution in [1.29, 1.82) is 0 Å². The van der Waals surface area contributed by atoms with E-state index in [9.17, 15) is 19.5 Å². The minimum Gasteiger partial charge on any atom is -0.496 e. The predicted octanol–water partition coefficient (Wildman–Crippen LogP) is 6.00. The van der Waals surface area contributed by atoms with Gasteiger partial charge in [-0.05, 0) is 73.7 Å². The van der Waals surface area contributed by atoms with Crippen LogP contribution in [0.15, 0.2) is 79.0 Å². The second kappa shape index (κ2) is 11.1. The van der Waals surface area contributed by atoms with E-state index >= 15 is 0 Å². The second-order valence-electron chi connectivity index (χ2n) is 8.49. The maximum atomic E-state index is 13.1. The molecule has 0 saturated carbocycles. The van der Waals surface area contributed by atoms with Gasteiger partial charge in [0.05, 0.1) is 35.8 Å². The van der Waals surface area contributed by atoms with Crippen LogP contribution in [0.2, 0.25) is 5.02 Å². The number of carboxylic acid groups (broad SMARTS) is 1. The zero-order valence-electron chi connectivity index (χ0n) is 20.9. The molecule has 3 aromatic carbocycles. The third kappa shape index (κ3) is 5.66. The molecule has 4 aromatic rings. The summed E-state index contributed by atoms with van der Waals surface area (Å²) in [7, 11) is 3.31. The summed E-state index contributed by atoms with van der Waals surface area (Å²) < 4.78 is 5.25. The Morgan fingerprint density at radius 3 is 2.26 bits per heavy atom. The van der Waals surface area contributed by atoms with E-state index in [1.54, 1.807) is 48.7 Å². The minimum atomic E-state index is -1.29. The fraction of sp³-hybridized carbons (Fsp3) is 0.103. The number of amides is 1. The first-order chi connectivity index (χ1) is 18.2. The Morgan fingerprint density at radius 1 is 0.921 bits per heavy atom. The molecular formula is C29H24ClN3O5. The molecule has 0 saturated heterocycles. The minimum absolute atomic E-state index is 0.0514. The van der Waals surface area contributed by atoms with Gasteiger partial charge in [0.2, 0.25) is 5.78 Å². The van der Waals surface area contributed by atoms with Gasteiger partial charge in [-0.15, -0.1) is 0 Å². The Kier molecular flexibility index (Phi) is 7.74. The van der Waals surface area contributed by atoms with Gasteiger partial charge >= 0.3 is 5.97 Å². The van der Waals surface area contributed by atoms with Crippen molar-refractivity contribution in [3.8, 4) is 5.75 Å². The van der Waals surface area contributed by atoms with Gasteiger partial charge in [0.1, 0.15) is 11.4 Å². The molecule has 8 nitrogen and oxygen atoms in total. The summed E-state index contributed by atoms with van der Waals surface area (Å²) in [6.07, 6.45) is 1.56. The molecule has 0 aliphatic heterocycles. The van der Waals surface area contributed by atoms with E-state index in [1.807, 2.05) is 31.0 Å². The molecule has 0 fully saturated rings. The van der Waals surface area contributed by atoms with E-state index in [4.69, 9.17) is 16.3 Å². The topological polar surface area (TPSA) is 109 Å². The number of ketones is 1. The van der Waals surface area contributed by atoms with Crippen molar-refractivity contribution >= 4 is 46.3 Å². The maximum Gasteiger partial charge on any atom is 0.337 e. The number of aromatic nitrogens is 1. The van der Waals surface area contributed by atoms with Gasteiger partial charge in [0.25, 0.3) is 5.91 Å².